The van der Waals surface area contributed by atoms with Gasteiger partial charge in [-0.05, 0) is 72.7 Å². The standard InChI is InChI=1S/C26H25N/c1-20-7-5-11-25(17-20)27-26-12-6-10-23(19-26)24-16-15-22(18-24)14-13-21-8-3-2-4-9-21/h2-12,15-17,19,27H,13-14,18H2,1H3. The molecule has 0 aliphatic heterocycles. The average molecular weight is 351 g/mol. The van der Waals surface area contributed by atoms with E-state index in [1.54, 1.807) is 0 Å². The molecule has 0 fully saturated rings. The van der Waals surface area contributed by atoms with Crippen LogP contribution in [0, 0.1) is 6.92 Å². The maximum atomic E-state index is 3.52. The highest BCUT2D eigenvalue weighted by atomic mass is 14.9. The SMILES string of the molecule is Cc1cccc(Nc2cccc(C3=CC=C(CCc4ccccc4)C3)c2)c1. The van der Waals surface area contributed by atoms with Crippen molar-refractivity contribution in [2.24, 2.45) is 0 Å². The molecular formula is C26H25N. The summed E-state index contributed by atoms with van der Waals surface area (Å²) < 4.78 is 0. The summed E-state index contributed by atoms with van der Waals surface area (Å²) in [6.07, 6.45) is 7.89. The number of hydrogen-bond donors (Lipinski definition) is 1. The van der Waals surface area contributed by atoms with Crippen LogP contribution in [-0.2, 0) is 6.42 Å². The number of hydrogen-bond acceptors (Lipinski definition) is 1. The number of nitrogens with one attached hydrogen (secondary N) is 1. The van der Waals surface area contributed by atoms with Crippen molar-refractivity contribution in [3.05, 3.63) is 113 Å². The molecule has 1 N–H and O–H groups in total. The van der Waals surface area contributed by atoms with E-state index >= 15 is 0 Å². The summed E-state index contributed by atoms with van der Waals surface area (Å²) in [5.41, 5.74) is 9.18. The van der Waals surface area contributed by atoms with Crippen molar-refractivity contribution in [3.8, 4) is 0 Å². The molecule has 3 aromatic carbocycles. The molecule has 0 spiro atoms. The monoisotopic (exact) mass is 351 g/mol. The van der Waals surface area contributed by atoms with Crippen LogP contribution in [0.1, 0.15) is 29.5 Å². The fourth-order valence-corrected chi connectivity index (χ4v) is 3.59. The maximum absolute atomic E-state index is 3.52. The molecule has 0 saturated heterocycles. The Labute approximate surface area is 162 Å². The molecule has 0 atom stereocenters. The lowest BCUT2D eigenvalue weighted by molar-refractivity contribution is 0.922. The van der Waals surface area contributed by atoms with Gasteiger partial charge in [-0.3, -0.25) is 0 Å². The summed E-state index contributed by atoms with van der Waals surface area (Å²) in [5.74, 6) is 0. The summed E-state index contributed by atoms with van der Waals surface area (Å²) in [4.78, 5) is 0. The van der Waals surface area contributed by atoms with Gasteiger partial charge in [0.15, 0.2) is 0 Å². The van der Waals surface area contributed by atoms with E-state index in [1.807, 2.05) is 0 Å². The van der Waals surface area contributed by atoms with E-state index in [4.69, 9.17) is 0 Å². The number of allylic oxidation sites excluding steroid dienone is 4. The van der Waals surface area contributed by atoms with Crippen LogP contribution in [0.2, 0.25) is 0 Å². The minimum Gasteiger partial charge on any atom is -0.356 e. The van der Waals surface area contributed by atoms with Gasteiger partial charge in [0, 0.05) is 11.4 Å². The molecule has 4 rings (SSSR count). The van der Waals surface area contributed by atoms with Crippen molar-refractivity contribution >= 4 is 16.9 Å². The number of aryl methyl sites for hydroxylation is 2. The van der Waals surface area contributed by atoms with Gasteiger partial charge in [-0.15, -0.1) is 0 Å². The molecule has 0 bridgehead atoms. The average Bonchev–Trinajstić information content (AvgIpc) is 3.17. The Morgan fingerprint density at radius 1 is 0.741 bits per heavy atom. The molecule has 0 heterocycles. The molecule has 0 radical (unpaired) electrons. The van der Waals surface area contributed by atoms with Crippen LogP contribution >= 0.6 is 0 Å². The van der Waals surface area contributed by atoms with Crippen LogP contribution in [0.15, 0.2) is 96.6 Å². The first-order valence-corrected chi connectivity index (χ1v) is 9.63. The van der Waals surface area contributed by atoms with Gasteiger partial charge in [0.1, 0.15) is 0 Å². The normalized spacial score (nSPS) is 13.2. The first kappa shape index (κ1) is 17.4. The highest BCUT2D eigenvalue weighted by Crippen LogP contribution is 2.32. The summed E-state index contributed by atoms with van der Waals surface area (Å²) in [6, 6.07) is 28.0. The van der Waals surface area contributed by atoms with Crippen molar-refractivity contribution in [1.29, 1.82) is 0 Å². The zero-order valence-corrected chi connectivity index (χ0v) is 15.8. The van der Waals surface area contributed by atoms with Crippen molar-refractivity contribution in [2.75, 3.05) is 5.32 Å². The maximum Gasteiger partial charge on any atom is 0.0390 e. The third-order valence-corrected chi connectivity index (χ3v) is 5.06. The van der Waals surface area contributed by atoms with Crippen LogP contribution in [0.3, 0.4) is 0 Å². The van der Waals surface area contributed by atoms with Crippen molar-refractivity contribution < 1.29 is 0 Å². The smallest absolute Gasteiger partial charge is 0.0390 e. The zero-order chi connectivity index (χ0) is 18.5. The second-order valence-electron chi connectivity index (χ2n) is 7.25. The molecule has 3 aromatic rings. The molecule has 0 unspecified atom stereocenters. The fraction of sp³-hybridized carbons (Fsp3) is 0.154. The molecule has 134 valence electrons. The van der Waals surface area contributed by atoms with Gasteiger partial charge in [0.2, 0.25) is 0 Å². The Balaban J connectivity index is 1.38. The summed E-state index contributed by atoms with van der Waals surface area (Å²) in [5, 5.41) is 3.52. The van der Waals surface area contributed by atoms with E-state index in [9.17, 15) is 0 Å². The molecule has 1 heteroatoms. The number of rotatable bonds is 6. The summed E-state index contributed by atoms with van der Waals surface area (Å²) in [7, 11) is 0. The Morgan fingerprint density at radius 3 is 2.33 bits per heavy atom. The molecule has 1 aliphatic carbocycles. The lowest BCUT2D eigenvalue weighted by Crippen LogP contribution is -1.93. The van der Waals surface area contributed by atoms with E-state index in [0.717, 1.165) is 30.6 Å². The van der Waals surface area contributed by atoms with E-state index in [0.29, 0.717) is 0 Å². The quantitative estimate of drug-likeness (QED) is 0.500. The highest BCUT2D eigenvalue weighted by molar-refractivity contribution is 5.75. The minimum atomic E-state index is 1.06. The van der Waals surface area contributed by atoms with Gasteiger partial charge in [0.25, 0.3) is 0 Å². The first-order valence-electron chi connectivity index (χ1n) is 9.63. The topological polar surface area (TPSA) is 12.0 Å². The van der Waals surface area contributed by atoms with Crippen LogP contribution in [-0.4, -0.2) is 0 Å². The Bertz CT molecular complexity index is 980. The Morgan fingerprint density at radius 2 is 1.52 bits per heavy atom. The summed E-state index contributed by atoms with van der Waals surface area (Å²) >= 11 is 0. The van der Waals surface area contributed by atoms with E-state index in [-0.39, 0.29) is 0 Å². The number of anilines is 2. The largest absolute Gasteiger partial charge is 0.356 e. The molecule has 1 aliphatic rings. The van der Waals surface area contributed by atoms with Crippen molar-refractivity contribution in [2.45, 2.75) is 26.2 Å². The fourth-order valence-electron chi connectivity index (χ4n) is 3.59. The predicted molar refractivity (Wildman–Crippen MR) is 116 cm³/mol. The molecule has 0 aromatic heterocycles. The minimum absolute atomic E-state index is 1.06. The van der Waals surface area contributed by atoms with E-state index in [2.05, 4.69) is 103 Å². The molecule has 0 amide bonds. The zero-order valence-electron chi connectivity index (χ0n) is 15.8. The van der Waals surface area contributed by atoms with Gasteiger partial charge in [-0.2, -0.15) is 0 Å². The Kier molecular flexibility index (Phi) is 5.20. The summed E-state index contributed by atoms with van der Waals surface area (Å²) in [6.45, 7) is 2.12. The second kappa shape index (κ2) is 8.09. The van der Waals surface area contributed by atoms with Crippen molar-refractivity contribution in [1.82, 2.24) is 0 Å². The van der Waals surface area contributed by atoms with Crippen LogP contribution in [0.5, 0.6) is 0 Å². The molecule has 1 nitrogen and oxygen atoms in total. The predicted octanol–water partition coefficient (Wildman–Crippen LogP) is 7.08. The molecular weight excluding hydrogens is 326 g/mol. The van der Waals surface area contributed by atoms with E-state index in [1.165, 1.54) is 27.8 Å². The third kappa shape index (κ3) is 4.57. The van der Waals surface area contributed by atoms with Gasteiger partial charge in [-0.1, -0.05) is 72.3 Å². The van der Waals surface area contributed by atoms with Gasteiger partial charge in [-0.25, -0.2) is 0 Å². The van der Waals surface area contributed by atoms with Crippen molar-refractivity contribution in [3.63, 3.8) is 0 Å². The Hall–Kier alpha value is -3.06. The van der Waals surface area contributed by atoms with Crippen LogP contribution < -0.4 is 5.32 Å². The van der Waals surface area contributed by atoms with E-state index < -0.39 is 0 Å². The lowest BCUT2D eigenvalue weighted by atomic mass is 9.99. The van der Waals surface area contributed by atoms with Crippen LogP contribution in [0.4, 0.5) is 11.4 Å². The van der Waals surface area contributed by atoms with Gasteiger partial charge < -0.3 is 5.32 Å². The molecule has 27 heavy (non-hydrogen) atoms. The number of benzene rings is 3. The molecule has 0 saturated carbocycles. The third-order valence-electron chi connectivity index (χ3n) is 5.06. The lowest BCUT2D eigenvalue weighted by Gasteiger charge is -2.11. The first-order chi connectivity index (χ1) is 13.3. The highest BCUT2D eigenvalue weighted by Gasteiger charge is 2.11. The van der Waals surface area contributed by atoms with Gasteiger partial charge >= 0.3 is 0 Å². The second-order valence-corrected chi connectivity index (χ2v) is 7.25. The van der Waals surface area contributed by atoms with Crippen LogP contribution in [0.25, 0.3) is 5.57 Å². The van der Waals surface area contributed by atoms with Gasteiger partial charge in [0.05, 0.1) is 0 Å².